The SMILES string of the molecule is Cn1cc(C(C)(O)CNC(=O)c2cc(-c3ccncc3)on2)cn1. The van der Waals surface area contributed by atoms with E-state index in [2.05, 4.69) is 20.6 Å². The minimum absolute atomic E-state index is 0.0228. The molecule has 1 amide bonds. The van der Waals surface area contributed by atoms with Crippen molar-refractivity contribution in [3.8, 4) is 11.3 Å². The fraction of sp³-hybridized carbons (Fsp3) is 0.250. The third-order valence-electron chi connectivity index (χ3n) is 3.63. The second-order valence-corrected chi connectivity index (χ2v) is 5.67. The normalized spacial score (nSPS) is 13.5. The van der Waals surface area contributed by atoms with Crippen LogP contribution in [-0.2, 0) is 12.6 Å². The van der Waals surface area contributed by atoms with Crippen LogP contribution >= 0.6 is 0 Å². The fourth-order valence-corrected chi connectivity index (χ4v) is 2.18. The maximum Gasteiger partial charge on any atom is 0.273 e. The van der Waals surface area contributed by atoms with E-state index >= 15 is 0 Å². The molecule has 0 aromatic carbocycles. The van der Waals surface area contributed by atoms with Crippen molar-refractivity contribution in [3.05, 3.63) is 54.2 Å². The average molecular weight is 327 g/mol. The molecule has 0 aliphatic heterocycles. The number of aryl methyl sites for hydroxylation is 1. The van der Waals surface area contributed by atoms with Crippen LogP contribution in [0.5, 0.6) is 0 Å². The lowest BCUT2D eigenvalue weighted by Crippen LogP contribution is -2.38. The first-order valence-electron chi connectivity index (χ1n) is 7.32. The maximum atomic E-state index is 12.2. The van der Waals surface area contributed by atoms with Crippen LogP contribution in [0.2, 0.25) is 0 Å². The molecule has 2 N–H and O–H groups in total. The van der Waals surface area contributed by atoms with Crippen molar-refractivity contribution in [2.24, 2.45) is 7.05 Å². The molecule has 24 heavy (non-hydrogen) atoms. The standard InChI is InChI=1S/C16H17N5O3/c1-16(23,12-8-19-21(2)9-12)10-18-15(22)13-7-14(24-20-13)11-3-5-17-6-4-11/h3-9,23H,10H2,1-2H3,(H,18,22). The van der Waals surface area contributed by atoms with E-state index in [0.29, 0.717) is 11.3 Å². The number of pyridine rings is 1. The summed E-state index contributed by atoms with van der Waals surface area (Å²) < 4.78 is 6.76. The van der Waals surface area contributed by atoms with Gasteiger partial charge in [-0.15, -0.1) is 0 Å². The summed E-state index contributed by atoms with van der Waals surface area (Å²) in [5.74, 6) is 0.0461. The van der Waals surface area contributed by atoms with Gasteiger partial charge in [-0.05, 0) is 19.1 Å². The number of nitrogens with one attached hydrogen (secondary N) is 1. The van der Waals surface area contributed by atoms with Crippen LogP contribution in [0.4, 0.5) is 0 Å². The summed E-state index contributed by atoms with van der Waals surface area (Å²) in [6, 6.07) is 5.06. The Morgan fingerprint density at radius 2 is 2.17 bits per heavy atom. The number of nitrogens with zero attached hydrogens (tertiary/aromatic N) is 4. The van der Waals surface area contributed by atoms with Crippen molar-refractivity contribution in [3.63, 3.8) is 0 Å². The number of hydrogen-bond acceptors (Lipinski definition) is 6. The molecule has 124 valence electrons. The highest BCUT2D eigenvalue weighted by atomic mass is 16.5. The van der Waals surface area contributed by atoms with Crippen molar-refractivity contribution in [2.45, 2.75) is 12.5 Å². The van der Waals surface area contributed by atoms with Gasteiger partial charge < -0.3 is 14.9 Å². The Morgan fingerprint density at radius 3 is 2.83 bits per heavy atom. The molecule has 0 spiro atoms. The second kappa shape index (κ2) is 6.25. The summed E-state index contributed by atoms with van der Waals surface area (Å²) in [5.41, 5.74) is 0.298. The van der Waals surface area contributed by atoms with E-state index < -0.39 is 11.5 Å². The minimum Gasteiger partial charge on any atom is -0.383 e. The Morgan fingerprint density at radius 1 is 1.42 bits per heavy atom. The first kappa shape index (κ1) is 15.9. The van der Waals surface area contributed by atoms with Gasteiger partial charge in [-0.2, -0.15) is 5.10 Å². The molecule has 3 aromatic rings. The summed E-state index contributed by atoms with van der Waals surface area (Å²) in [5, 5.41) is 20.9. The second-order valence-electron chi connectivity index (χ2n) is 5.67. The summed E-state index contributed by atoms with van der Waals surface area (Å²) in [4.78, 5) is 16.1. The van der Waals surface area contributed by atoms with Crippen molar-refractivity contribution in [2.75, 3.05) is 6.54 Å². The largest absolute Gasteiger partial charge is 0.383 e. The number of amides is 1. The van der Waals surface area contributed by atoms with Gasteiger partial charge in [-0.3, -0.25) is 14.5 Å². The summed E-state index contributed by atoms with van der Waals surface area (Å²) in [6.45, 7) is 1.63. The molecule has 3 rings (SSSR count). The molecule has 0 radical (unpaired) electrons. The van der Waals surface area contributed by atoms with Gasteiger partial charge in [0.05, 0.1) is 12.7 Å². The zero-order valence-electron chi connectivity index (χ0n) is 13.3. The van der Waals surface area contributed by atoms with E-state index in [-0.39, 0.29) is 12.2 Å². The number of aliphatic hydroxyl groups is 1. The number of aromatic nitrogens is 4. The highest BCUT2D eigenvalue weighted by Crippen LogP contribution is 2.20. The van der Waals surface area contributed by atoms with Crippen LogP contribution in [0.1, 0.15) is 23.0 Å². The van der Waals surface area contributed by atoms with E-state index in [1.54, 1.807) is 61.6 Å². The Bertz CT molecular complexity index is 838. The number of hydrogen-bond donors (Lipinski definition) is 2. The fourth-order valence-electron chi connectivity index (χ4n) is 2.18. The molecule has 1 unspecified atom stereocenters. The lowest BCUT2D eigenvalue weighted by molar-refractivity contribution is 0.0523. The highest BCUT2D eigenvalue weighted by Gasteiger charge is 2.26. The smallest absolute Gasteiger partial charge is 0.273 e. The van der Waals surface area contributed by atoms with E-state index in [4.69, 9.17) is 4.52 Å². The molecule has 3 aromatic heterocycles. The van der Waals surface area contributed by atoms with E-state index in [0.717, 1.165) is 5.56 Å². The lowest BCUT2D eigenvalue weighted by Gasteiger charge is -2.21. The van der Waals surface area contributed by atoms with Crippen molar-refractivity contribution >= 4 is 5.91 Å². The predicted molar refractivity (Wildman–Crippen MR) is 84.8 cm³/mol. The number of carbonyl (C=O) groups is 1. The van der Waals surface area contributed by atoms with Crippen LogP contribution in [0.25, 0.3) is 11.3 Å². The lowest BCUT2D eigenvalue weighted by atomic mass is 10.00. The molecule has 0 saturated heterocycles. The molecule has 3 heterocycles. The average Bonchev–Trinajstić information content (AvgIpc) is 3.23. The van der Waals surface area contributed by atoms with E-state index in [1.165, 1.54) is 0 Å². The van der Waals surface area contributed by atoms with Crippen LogP contribution in [-0.4, -0.2) is 37.5 Å². The van der Waals surface area contributed by atoms with Crippen LogP contribution in [0.3, 0.4) is 0 Å². The van der Waals surface area contributed by atoms with Crippen LogP contribution in [0.15, 0.2) is 47.5 Å². The predicted octanol–water partition coefficient (Wildman–Crippen LogP) is 1.11. The van der Waals surface area contributed by atoms with E-state index in [1.807, 2.05) is 0 Å². The van der Waals surface area contributed by atoms with Crippen molar-refractivity contribution in [1.82, 2.24) is 25.2 Å². The molecule has 0 fully saturated rings. The molecule has 0 aliphatic carbocycles. The summed E-state index contributed by atoms with van der Waals surface area (Å²) in [6.07, 6.45) is 6.51. The zero-order chi connectivity index (χ0) is 17.2. The molecule has 1 atom stereocenters. The Hall–Kier alpha value is -3.00. The van der Waals surface area contributed by atoms with Gasteiger partial charge in [-0.25, -0.2) is 0 Å². The van der Waals surface area contributed by atoms with Gasteiger partial charge in [0.1, 0.15) is 5.60 Å². The molecular weight excluding hydrogens is 310 g/mol. The molecule has 0 aliphatic rings. The first-order chi connectivity index (χ1) is 11.5. The van der Waals surface area contributed by atoms with Gasteiger partial charge in [-0.1, -0.05) is 5.16 Å². The molecule has 0 bridgehead atoms. The van der Waals surface area contributed by atoms with Gasteiger partial charge in [0.25, 0.3) is 5.91 Å². The summed E-state index contributed by atoms with van der Waals surface area (Å²) in [7, 11) is 1.76. The van der Waals surface area contributed by atoms with Gasteiger partial charge in [0, 0.05) is 42.8 Å². The van der Waals surface area contributed by atoms with Gasteiger partial charge >= 0.3 is 0 Å². The minimum atomic E-state index is -1.23. The molecule has 0 saturated carbocycles. The summed E-state index contributed by atoms with van der Waals surface area (Å²) >= 11 is 0. The first-order valence-corrected chi connectivity index (χ1v) is 7.32. The topological polar surface area (TPSA) is 106 Å². The van der Waals surface area contributed by atoms with Crippen molar-refractivity contribution < 1.29 is 14.4 Å². The third kappa shape index (κ3) is 3.33. The highest BCUT2D eigenvalue weighted by molar-refractivity contribution is 5.93. The van der Waals surface area contributed by atoms with Gasteiger partial charge in [0.15, 0.2) is 11.5 Å². The quantitative estimate of drug-likeness (QED) is 0.727. The van der Waals surface area contributed by atoms with E-state index in [9.17, 15) is 9.90 Å². The third-order valence-corrected chi connectivity index (χ3v) is 3.63. The van der Waals surface area contributed by atoms with Gasteiger partial charge in [0.2, 0.25) is 0 Å². The maximum absolute atomic E-state index is 12.2. The Balaban J connectivity index is 1.66. The zero-order valence-corrected chi connectivity index (χ0v) is 13.3. The Kier molecular flexibility index (Phi) is 4.13. The monoisotopic (exact) mass is 327 g/mol. The van der Waals surface area contributed by atoms with Crippen molar-refractivity contribution in [1.29, 1.82) is 0 Å². The molecule has 8 nitrogen and oxygen atoms in total. The Labute approximate surface area is 138 Å². The molecule has 8 heteroatoms. The number of carbonyl (C=O) groups excluding carboxylic acids is 1. The van der Waals surface area contributed by atoms with Crippen LogP contribution in [0, 0.1) is 0 Å². The van der Waals surface area contributed by atoms with Crippen LogP contribution < -0.4 is 5.32 Å². The molecular formula is C16H17N5O3. The number of rotatable bonds is 5.